The fraction of sp³-hybridized carbons (Fsp3) is 0.316. The number of pyridine rings is 1. The molecule has 2 aromatic rings. The number of carbonyl (C=O) groups is 2. The Morgan fingerprint density at radius 2 is 1.89 bits per heavy atom. The van der Waals surface area contributed by atoms with Crippen LogP contribution in [0.5, 0.6) is 5.75 Å². The lowest BCUT2D eigenvalue weighted by Gasteiger charge is -2.34. The maximum absolute atomic E-state index is 12.7. The van der Waals surface area contributed by atoms with Crippen molar-refractivity contribution in [3.05, 3.63) is 62.5 Å². The highest BCUT2D eigenvalue weighted by atomic mass is 35.5. The third kappa shape index (κ3) is 3.68. The van der Waals surface area contributed by atoms with Gasteiger partial charge in [-0.2, -0.15) is 0 Å². The van der Waals surface area contributed by atoms with Crippen molar-refractivity contribution in [2.24, 2.45) is 0 Å². The Morgan fingerprint density at radius 1 is 1.22 bits per heavy atom. The monoisotopic (exact) mass is 389 g/mol. The number of aromatic hydroxyl groups is 1. The van der Waals surface area contributed by atoms with Gasteiger partial charge in [0, 0.05) is 41.5 Å². The number of hydrogen-bond acceptors (Lipinski definition) is 4. The smallest absolute Gasteiger partial charge is 0.274 e. The third-order valence-corrected chi connectivity index (χ3v) is 4.81. The fourth-order valence-electron chi connectivity index (χ4n) is 3.12. The standard InChI is InChI=1S/C19H20ClN3O4/c1-11(2)22-7-8-23-14(9-15(24)17(25)16(23)19(22)27)10-21-18(26)12-3-5-13(20)6-4-12/h3-6,9,11,25H,7-8,10H2,1-2H3,(H,21,26). The maximum atomic E-state index is 12.7. The molecule has 1 aromatic heterocycles. The van der Waals surface area contributed by atoms with Gasteiger partial charge in [-0.05, 0) is 38.1 Å². The van der Waals surface area contributed by atoms with Crippen molar-refractivity contribution in [1.29, 1.82) is 0 Å². The molecule has 0 saturated heterocycles. The van der Waals surface area contributed by atoms with Crippen LogP contribution in [0.4, 0.5) is 0 Å². The zero-order valence-electron chi connectivity index (χ0n) is 15.0. The summed E-state index contributed by atoms with van der Waals surface area (Å²) in [6.07, 6.45) is 0. The molecule has 27 heavy (non-hydrogen) atoms. The van der Waals surface area contributed by atoms with Gasteiger partial charge in [-0.15, -0.1) is 0 Å². The summed E-state index contributed by atoms with van der Waals surface area (Å²) in [7, 11) is 0. The van der Waals surface area contributed by atoms with Gasteiger partial charge in [-0.25, -0.2) is 0 Å². The van der Waals surface area contributed by atoms with E-state index in [9.17, 15) is 19.5 Å². The second kappa shape index (κ2) is 7.44. The Balaban J connectivity index is 1.88. The van der Waals surface area contributed by atoms with Crippen molar-refractivity contribution in [3.8, 4) is 5.75 Å². The molecule has 0 bridgehead atoms. The lowest BCUT2D eigenvalue weighted by atomic mass is 10.1. The first-order chi connectivity index (χ1) is 12.8. The van der Waals surface area contributed by atoms with E-state index in [-0.39, 0.29) is 24.2 Å². The van der Waals surface area contributed by atoms with Crippen LogP contribution in [0.25, 0.3) is 0 Å². The summed E-state index contributed by atoms with van der Waals surface area (Å²) < 4.78 is 1.60. The van der Waals surface area contributed by atoms with Gasteiger partial charge in [0.15, 0.2) is 11.4 Å². The van der Waals surface area contributed by atoms with Gasteiger partial charge in [0.25, 0.3) is 11.8 Å². The molecular weight excluding hydrogens is 370 g/mol. The van der Waals surface area contributed by atoms with E-state index in [0.29, 0.717) is 29.4 Å². The van der Waals surface area contributed by atoms with E-state index in [1.165, 1.54) is 6.07 Å². The van der Waals surface area contributed by atoms with Gasteiger partial charge >= 0.3 is 0 Å². The summed E-state index contributed by atoms with van der Waals surface area (Å²) in [5.41, 5.74) is 0.225. The predicted molar refractivity (Wildman–Crippen MR) is 101 cm³/mol. The number of halogens is 1. The van der Waals surface area contributed by atoms with Crippen molar-refractivity contribution >= 4 is 23.4 Å². The van der Waals surface area contributed by atoms with Gasteiger partial charge in [-0.1, -0.05) is 11.6 Å². The molecule has 0 aliphatic carbocycles. The summed E-state index contributed by atoms with van der Waals surface area (Å²) >= 11 is 5.82. The number of carbonyl (C=O) groups excluding carboxylic acids is 2. The summed E-state index contributed by atoms with van der Waals surface area (Å²) in [5.74, 6) is -1.28. The Kier molecular flexibility index (Phi) is 5.23. The second-order valence-corrected chi connectivity index (χ2v) is 7.07. The summed E-state index contributed by atoms with van der Waals surface area (Å²) in [4.78, 5) is 38.7. The first kappa shape index (κ1) is 19.0. The number of nitrogens with one attached hydrogen (secondary N) is 1. The Hall–Kier alpha value is -2.80. The van der Waals surface area contributed by atoms with Gasteiger partial charge in [0.1, 0.15) is 0 Å². The van der Waals surface area contributed by atoms with Gasteiger partial charge in [0.2, 0.25) is 5.43 Å². The van der Waals surface area contributed by atoms with Crippen LogP contribution in [0.15, 0.2) is 35.1 Å². The Labute approximate surface area is 161 Å². The molecule has 2 heterocycles. The second-order valence-electron chi connectivity index (χ2n) is 6.63. The number of aromatic nitrogens is 1. The first-order valence-electron chi connectivity index (χ1n) is 8.60. The van der Waals surface area contributed by atoms with Crippen LogP contribution < -0.4 is 10.7 Å². The molecule has 0 saturated carbocycles. The highest BCUT2D eigenvalue weighted by molar-refractivity contribution is 6.30. The van der Waals surface area contributed by atoms with Crippen LogP contribution in [-0.4, -0.2) is 39.0 Å². The topological polar surface area (TPSA) is 91.6 Å². The summed E-state index contributed by atoms with van der Waals surface area (Å²) in [5, 5.41) is 13.4. The highest BCUT2D eigenvalue weighted by Gasteiger charge is 2.31. The van der Waals surface area contributed by atoms with Crippen LogP contribution >= 0.6 is 11.6 Å². The van der Waals surface area contributed by atoms with Gasteiger partial charge in [0.05, 0.1) is 6.54 Å². The van der Waals surface area contributed by atoms with Gasteiger partial charge < -0.3 is 19.9 Å². The zero-order chi connectivity index (χ0) is 19.7. The van der Waals surface area contributed by atoms with Crippen LogP contribution in [0.1, 0.15) is 40.4 Å². The molecule has 0 radical (unpaired) electrons. The maximum Gasteiger partial charge on any atom is 0.274 e. The van der Waals surface area contributed by atoms with Crippen LogP contribution in [-0.2, 0) is 13.1 Å². The minimum absolute atomic E-state index is 0.0295. The van der Waals surface area contributed by atoms with E-state index in [0.717, 1.165) is 0 Å². The molecule has 0 fully saturated rings. The van der Waals surface area contributed by atoms with E-state index in [4.69, 9.17) is 11.6 Å². The molecular formula is C19H20ClN3O4. The number of hydrogen-bond donors (Lipinski definition) is 2. The third-order valence-electron chi connectivity index (χ3n) is 4.56. The molecule has 1 aliphatic rings. The molecule has 142 valence electrons. The number of amides is 2. The average molecular weight is 390 g/mol. The molecule has 3 rings (SSSR count). The van der Waals surface area contributed by atoms with Crippen LogP contribution in [0.3, 0.4) is 0 Å². The number of fused-ring (bicyclic) bond motifs is 1. The van der Waals surface area contributed by atoms with Crippen molar-refractivity contribution in [1.82, 2.24) is 14.8 Å². The summed E-state index contributed by atoms with van der Waals surface area (Å²) in [6, 6.07) is 7.62. The fourth-order valence-corrected chi connectivity index (χ4v) is 3.24. The van der Waals surface area contributed by atoms with E-state index in [1.54, 1.807) is 33.7 Å². The minimum Gasteiger partial charge on any atom is -0.503 e. The Bertz CT molecular complexity index is 951. The Morgan fingerprint density at radius 3 is 2.52 bits per heavy atom. The minimum atomic E-state index is -0.643. The number of nitrogens with zero attached hydrogens (tertiary/aromatic N) is 2. The average Bonchev–Trinajstić information content (AvgIpc) is 2.63. The normalized spacial score (nSPS) is 13.6. The predicted octanol–water partition coefficient (Wildman–Crippen LogP) is 2.00. The van der Waals surface area contributed by atoms with Gasteiger partial charge in [-0.3, -0.25) is 14.4 Å². The highest BCUT2D eigenvalue weighted by Crippen LogP contribution is 2.22. The lowest BCUT2D eigenvalue weighted by molar-refractivity contribution is 0.0639. The van der Waals surface area contributed by atoms with Crippen LogP contribution in [0.2, 0.25) is 5.02 Å². The molecule has 0 atom stereocenters. The largest absolute Gasteiger partial charge is 0.503 e. The van der Waals surface area contributed by atoms with Crippen molar-refractivity contribution in [3.63, 3.8) is 0 Å². The molecule has 0 unspecified atom stereocenters. The number of rotatable bonds is 4. The van der Waals surface area contributed by atoms with Crippen molar-refractivity contribution in [2.45, 2.75) is 33.0 Å². The lowest BCUT2D eigenvalue weighted by Crippen LogP contribution is -2.46. The molecule has 2 N–H and O–H groups in total. The van der Waals surface area contributed by atoms with E-state index >= 15 is 0 Å². The quantitative estimate of drug-likeness (QED) is 0.836. The number of benzene rings is 1. The van der Waals surface area contributed by atoms with E-state index in [2.05, 4.69) is 5.32 Å². The molecule has 1 aliphatic heterocycles. The van der Waals surface area contributed by atoms with Crippen LogP contribution in [0, 0.1) is 0 Å². The van der Waals surface area contributed by atoms with E-state index < -0.39 is 17.1 Å². The van der Waals surface area contributed by atoms with Crippen molar-refractivity contribution in [2.75, 3.05) is 6.54 Å². The van der Waals surface area contributed by atoms with E-state index in [1.807, 2.05) is 13.8 Å². The SMILES string of the molecule is CC(C)N1CCn2c(CNC(=O)c3ccc(Cl)cc3)cc(=O)c(O)c2C1=O. The molecule has 8 heteroatoms. The van der Waals surface area contributed by atoms with Crippen molar-refractivity contribution < 1.29 is 14.7 Å². The molecule has 0 spiro atoms. The first-order valence-corrected chi connectivity index (χ1v) is 8.97. The molecule has 1 aromatic carbocycles. The molecule has 2 amide bonds. The zero-order valence-corrected chi connectivity index (χ0v) is 15.8. The molecule has 7 nitrogen and oxygen atoms in total. The summed E-state index contributed by atoms with van der Waals surface area (Å²) in [6.45, 7) is 4.69.